The topological polar surface area (TPSA) is 54.4 Å². The molecular formula is C22H32O3S. The number of aryl methyl sites for hydroxylation is 1. The predicted molar refractivity (Wildman–Crippen MR) is 109 cm³/mol. The molecule has 1 N–H and O–H groups in total. The fourth-order valence-electron chi connectivity index (χ4n) is 3.51. The molecule has 0 aliphatic heterocycles. The van der Waals surface area contributed by atoms with Crippen LogP contribution < -0.4 is 0 Å². The molecule has 0 saturated carbocycles. The lowest BCUT2D eigenvalue weighted by Crippen LogP contribution is -2.01. The van der Waals surface area contributed by atoms with Crippen LogP contribution >= 0.6 is 0 Å². The minimum absolute atomic E-state index is 0.0256. The third-order valence-electron chi connectivity index (χ3n) is 4.98. The lowest BCUT2D eigenvalue weighted by molar-refractivity contribution is 0.484. The van der Waals surface area contributed by atoms with E-state index >= 15 is 0 Å². The highest BCUT2D eigenvalue weighted by Crippen LogP contribution is 2.26. The van der Waals surface area contributed by atoms with Crippen molar-refractivity contribution < 1.29 is 13.0 Å². The summed E-state index contributed by atoms with van der Waals surface area (Å²) in [5.74, 6) is 0. The first-order chi connectivity index (χ1) is 12.5. The zero-order valence-corrected chi connectivity index (χ0v) is 16.7. The van der Waals surface area contributed by atoms with Crippen LogP contribution in [0.3, 0.4) is 0 Å². The summed E-state index contributed by atoms with van der Waals surface area (Å²) in [7, 11) is -4.20. The lowest BCUT2D eigenvalue weighted by Gasteiger charge is -2.08. The number of hydrogen-bond acceptors (Lipinski definition) is 2. The van der Waals surface area contributed by atoms with E-state index in [2.05, 4.69) is 6.92 Å². The summed E-state index contributed by atoms with van der Waals surface area (Å²) in [6.07, 6.45) is 13.7. The van der Waals surface area contributed by atoms with E-state index in [4.69, 9.17) is 0 Å². The molecule has 4 heteroatoms. The largest absolute Gasteiger partial charge is 0.295 e. The molecule has 0 spiro atoms. The summed E-state index contributed by atoms with van der Waals surface area (Å²) in [6, 6.07) is 11.0. The molecule has 2 aromatic rings. The Kier molecular flexibility index (Phi) is 8.60. The van der Waals surface area contributed by atoms with E-state index in [9.17, 15) is 13.0 Å². The minimum Gasteiger partial charge on any atom is -0.282 e. The van der Waals surface area contributed by atoms with E-state index in [1.165, 1.54) is 57.8 Å². The fourth-order valence-corrected chi connectivity index (χ4v) is 4.27. The molecule has 3 nitrogen and oxygen atoms in total. The molecule has 0 saturated heterocycles. The van der Waals surface area contributed by atoms with Gasteiger partial charge in [0.25, 0.3) is 10.1 Å². The van der Waals surface area contributed by atoms with E-state index in [-0.39, 0.29) is 4.90 Å². The third kappa shape index (κ3) is 6.73. The van der Waals surface area contributed by atoms with Crippen LogP contribution in [0.4, 0.5) is 0 Å². The zero-order valence-electron chi connectivity index (χ0n) is 15.9. The highest BCUT2D eigenvalue weighted by molar-refractivity contribution is 7.86. The maximum atomic E-state index is 11.7. The molecule has 0 unspecified atom stereocenters. The van der Waals surface area contributed by atoms with Crippen molar-refractivity contribution in [2.75, 3.05) is 0 Å². The molecule has 0 fully saturated rings. The first-order valence-electron chi connectivity index (χ1n) is 10.0. The summed E-state index contributed by atoms with van der Waals surface area (Å²) >= 11 is 0. The van der Waals surface area contributed by atoms with Gasteiger partial charge in [0.15, 0.2) is 0 Å². The molecule has 144 valence electrons. The van der Waals surface area contributed by atoms with E-state index < -0.39 is 10.1 Å². The van der Waals surface area contributed by atoms with Crippen LogP contribution in [0.25, 0.3) is 10.8 Å². The average Bonchev–Trinajstić information content (AvgIpc) is 2.62. The van der Waals surface area contributed by atoms with Gasteiger partial charge >= 0.3 is 0 Å². The van der Waals surface area contributed by atoms with Crippen LogP contribution in [-0.2, 0) is 16.5 Å². The first kappa shape index (κ1) is 20.9. The highest BCUT2D eigenvalue weighted by Gasteiger charge is 2.15. The first-order valence-corrected chi connectivity index (χ1v) is 11.5. The van der Waals surface area contributed by atoms with E-state index in [0.29, 0.717) is 5.39 Å². The van der Waals surface area contributed by atoms with Crippen LogP contribution in [0, 0.1) is 0 Å². The van der Waals surface area contributed by atoms with Crippen LogP contribution in [0.1, 0.15) is 76.7 Å². The van der Waals surface area contributed by atoms with Crippen LogP contribution in [-0.4, -0.2) is 13.0 Å². The maximum absolute atomic E-state index is 11.7. The predicted octanol–water partition coefficient (Wildman–Crippen LogP) is 6.55. The highest BCUT2D eigenvalue weighted by atomic mass is 32.2. The van der Waals surface area contributed by atoms with Crippen molar-refractivity contribution in [2.24, 2.45) is 0 Å². The monoisotopic (exact) mass is 376 g/mol. The van der Waals surface area contributed by atoms with Gasteiger partial charge in [-0.2, -0.15) is 8.42 Å². The van der Waals surface area contributed by atoms with Crippen LogP contribution in [0.2, 0.25) is 0 Å². The summed E-state index contributed by atoms with van der Waals surface area (Å²) in [5, 5.41) is 1.45. The Morgan fingerprint density at radius 1 is 0.808 bits per heavy atom. The molecule has 2 aromatic carbocycles. The number of benzene rings is 2. The Morgan fingerprint density at radius 2 is 1.38 bits per heavy atom. The standard InChI is InChI=1S/C22H32O3S/c1-2-3-4-5-6-7-8-9-10-11-14-19-17-20-15-12-13-16-21(20)22(18-19)26(23,24)25/h12-13,15-18H,2-11,14H2,1H3,(H,23,24,25). The Balaban J connectivity index is 1.80. The Bertz CT molecular complexity index is 781. The van der Waals surface area contributed by atoms with E-state index in [0.717, 1.165) is 23.8 Å². The molecule has 0 heterocycles. The quantitative estimate of drug-likeness (QED) is 0.337. The lowest BCUT2D eigenvalue weighted by atomic mass is 10.0. The number of rotatable bonds is 12. The van der Waals surface area contributed by atoms with Crippen molar-refractivity contribution in [1.29, 1.82) is 0 Å². The summed E-state index contributed by atoms with van der Waals surface area (Å²) in [5.41, 5.74) is 0.982. The molecule has 0 amide bonds. The fraction of sp³-hybridized carbons (Fsp3) is 0.545. The second-order valence-electron chi connectivity index (χ2n) is 7.22. The van der Waals surface area contributed by atoms with Gasteiger partial charge in [-0.15, -0.1) is 0 Å². The van der Waals surface area contributed by atoms with Gasteiger partial charge in [0.05, 0.1) is 0 Å². The van der Waals surface area contributed by atoms with E-state index in [1.807, 2.05) is 18.2 Å². The van der Waals surface area contributed by atoms with Gasteiger partial charge in [-0.25, -0.2) is 0 Å². The summed E-state index contributed by atoms with van der Waals surface area (Å²) in [6.45, 7) is 2.24. The van der Waals surface area contributed by atoms with Gasteiger partial charge in [-0.05, 0) is 29.9 Å². The number of unbranched alkanes of at least 4 members (excludes halogenated alkanes) is 9. The van der Waals surface area contributed by atoms with Gasteiger partial charge in [-0.1, -0.05) is 95.0 Å². The normalized spacial score (nSPS) is 11.9. The van der Waals surface area contributed by atoms with Crippen molar-refractivity contribution in [2.45, 2.75) is 82.4 Å². The second kappa shape index (κ2) is 10.7. The van der Waals surface area contributed by atoms with Gasteiger partial charge in [-0.3, -0.25) is 4.55 Å². The Hall–Kier alpha value is -1.39. The SMILES string of the molecule is CCCCCCCCCCCCc1cc(S(=O)(=O)O)c2ccccc2c1. The Morgan fingerprint density at radius 3 is 2.00 bits per heavy atom. The Labute approximate surface area is 158 Å². The maximum Gasteiger partial charge on any atom is 0.295 e. The number of fused-ring (bicyclic) bond motifs is 1. The van der Waals surface area contributed by atoms with E-state index in [1.54, 1.807) is 18.2 Å². The smallest absolute Gasteiger partial charge is 0.282 e. The van der Waals surface area contributed by atoms with Crippen molar-refractivity contribution >= 4 is 20.9 Å². The molecule has 0 bridgehead atoms. The van der Waals surface area contributed by atoms with Crippen LogP contribution in [0.15, 0.2) is 41.3 Å². The second-order valence-corrected chi connectivity index (χ2v) is 8.61. The van der Waals surface area contributed by atoms with Gasteiger partial charge in [0.2, 0.25) is 0 Å². The molecule has 0 aliphatic carbocycles. The van der Waals surface area contributed by atoms with Crippen molar-refractivity contribution in [3.63, 3.8) is 0 Å². The van der Waals surface area contributed by atoms with Crippen molar-refractivity contribution in [1.82, 2.24) is 0 Å². The van der Waals surface area contributed by atoms with Gasteiger partial charge < -0.3 is 0 Å². The molecule has 0 aromatic heterocycles. The van der Waals surface area contributed by atoms with Crippen molar-refractivity contribution in [3.8, 4) is 0 Å². The molecule has 26 heavy (non-hydrogen) atoms. The van der Waals surface area contributed by atoms with Gasteiger partial charge in [0, 0.05) is 5.39 Å². The molecule has 0 aliphatic rings. The molecule has 0 radical (unpaired) electrons. The average molecular weight is 377 g/mol. The van der Waals surface area contributed by atoms with Crippen LogP contribution in [0.5, 0.6) is 0 Å². The molecular weight excluding hydrogens is 344 g/mol. The van der Waals surface area contributed by atoms with Gasteiger partial charge in [0.1, 0.15) is 4.90 Å². The third-order valence-corrected chi connectivity index (χ3v) is 5.87. The summed E-state index contributed by atoms with van der Waals surface area (Å²) < 4.78 is 32.9. The zero-order chi connectivity index (χ0) is 18.8. The summed E-state index contributed by atoms with van der Waals surface area (Å²) in [4.78, 5) is 0.0256. The van der Waals surface area contributed by atoms with Crippen molar-refractivity contribution in [3.05, 3.63) is 42.0 Å². The number of hydrogen-bond donors (Lipinski definition) is 1. The molecule has 0 atom stereocenters. The minimum atomic E-state index is -4.20. The molecule has 2 rings (SSSR count).